The van der Waals surface area contributed by atoms with E-state index in [2.05, 4.69) is 22.9 Å². The topological polar surface area (TPSA) is 93.7 Å². The quantitative estimate of drug-likeness (QED) is 0.480. The van der Waals surface area contributed by atoms with Crippen LogP contribution in [-0.4, -0.2) is 57.0 Å². The first-order chi connectivity index (χ1) is 17.3. The zero-order valence-corrected chi connectivity index (χ0v) is 21.7. The van der Waals surface area contributed by atoms with Crippen molar-refractivity contribution < 1.29 is 12.8 Å². The first-order valence-corrected chi connectivity index (χ1v) is 13.9. The Hall–Kier alpha value is -3.06. The second kappa shape index (κ2) is 10.1. The van der Waals surface area contributed by atoms with Crippen molar-refractivity contribution in [3.05, 3.63) is 59.2 Å². The van der Waals surface area contributed by atoms with Gasteiger partial charge in [-0.2, -0.15) is 14.6 Å². The molecule has 2 aliphatic rings. The summed E-state index contributed by atoms with van der Waals surface area (Å²) in [5.74, 6) is 1.10. The zero-order chi connectivity index (χ0) is 25.3. The Morgan fingerprint density at radius 2 is 1.78 bits per heavy atom. The van der Waals surface area contributed by atoms with E-state index in [4.69, 9.17) is 16.0 Å². The Bertz CT molecular complexity index is 1380. The Labute approximate surface area is 216 Å². The molecule has 2 aliphatic heterocycles. The molecule has 2 aromatic carbocycles. The van der Waals surface area contributed by atoms with Crippen molar-refractivity contribution in [2.75, 3.05) is 49.1 Å². The lowest BCUT2D eigenvalue weighted by atomic mass is 10.0. The van der Waals surface area contributed by atoms with Gasteiger partial charge in [0.2, 0.25) is 27.5 Å². The van der Waals surface area contributed by atoms with Gasteiger partial charge >= 0.3 is 0 Å². The predicted octanol–water partition coefficient (Wildman–Crippen LogP) is 4.61. The van der Waals surface area contributed by atoms with Crippen molar-refractivity contribution in [3.8, 4) is 17.5 Å². The molecule has 2 saturated heterocycles. The second-order valence-corrected chi connectivity index (χ2v) is 11.7. The lowest BCUT2D eigenvalue weighted by Crippen LogP contribution is -2.46. The fourth-order valence-corrected chi connectivity index (χ4v) is 6.63. The second-order valence-electron chi connectivity index (χ2n) is 9.37. The van der Waals surface area contributed by atoms with E-state index in [1.54, 1.807) is 28.6 Å². The summed E-state index contributed by atoms with van der Waals surface area (Å²) < 4.78 is 33.7. The van der Waals surface area contributed by atoms with Gasteiger partial charge < -0.3 is 14.2 Å². The lowest BCUT2D eigenvalue weighted by Gasteiger charge is -2.35. The molecule has 1 aromatic heterocycles. The molecule has 0 radical (unpaired) electrons. The average molecular weight is 526 g/mol. The van der Waals surface area contributed by atoms with Crippen LogP contribution in [-0.2, 0) is 10.0 Å². The number of oxazole rings is 1. The molecule has 0 saturated carbocycles. The van der Waals surface area contributed by atoms with E-state index in [-0.39, 0.29) is 10.6 Å². The number of hydrogen-bond acceptors (Lipinski definition) is 7. The van der Waals surface area contributed by atoms with Crippen molar-refractivity contribution in [3.63, 3.8) is 0 Å². The van der Waals surface area contributed by atoms with Crippen molar-refractivity contribution >= 4 is 33.2 Å². The normalized spacial score (nSPS) is 19.3. The highest BCUT2D eigenvalue weighted by Gasteiger charge is 2.29. The molecule has 0 N–H and O–H groups in total. The van der Waals surface area contributed by atoms with Gasteiger partial charge in [-0.15, -0.1) is 0 Å². The van der Waals surface area contributed by atoms with Crippen LogP contribution in [0.15, 0.2) is 57.8 Å². The van der Waals surface area contributed by atoms with Crippen molar-refractivity contribution in [1.29, 1.82) is 5.26 Å². The van der Waals surface area contributed by atoms with Crippen LogP contribution in [0.3, 0.4) is 0 Å². The van der Waals surface area contributed by atoms with E-state index >= 15 is 0 Å². The van der Waals surface area contributed by atoms with Gasteiger partial charge in [-0.3, -0.25) is 0 Å². The van der Waals surface area contributed by atoms with Gasteiger partial charge in [0.15, 0.2) is 0 Å². The van der Waals surface area contributed by atoms with Crippen LogP contribution >= 0.6 is 11.6 Å². The number of anilines is 2. The van der Waals surface area contributed by atoms with Gasteiger partial charge in [0.1, 0.15) is 6.07 Å². The SMILES string of the molecule is C[C@@H]1CCCN(S(=O)(=O)c2ccc(-c3nc(C#N)c(N4CCN(c5cccc(Cl)c5)CC4)o3)cc2)C1. The smallest absolute Gasteiger partial charge is 0.243 e. The minimum absolute atomic E-state index is 0.222. The molecule has 188 valence electrons. The predicted molar refractivity (Wildman–Crippen MR) is 140 cm³/mol. The van der Waals surface area contributed by atoms with E-state index < -0.39 is 10.0 Å². The summed E-state index contributed by atoms with van der Waals surface area (Å²) in [6, 6.07) is 16.5. The number of piperazine rings is 1. The molecule has 0 aliphatic carbocycles. The van der Waals surface area contributed by atoms with Crippen molar-refractivity contribution in [2.24, 2.45) is 5.92 Å². The third kappa shape index (κ3) is 4.94. The summed E-state index contributed by atoms with van der Waals surface area (Å²) in [5, 5.41) is 10.4. The number of hydrogen-bond donors (Lipinski definition) is 0. The first kappa shape index (κ1) is 24.6. The van der Waals surface area contributed by atoms with Crippen molar-refractivity contribution in [1.82, 2.24) is 9.29 Å². The molecule has 0 unspecified atom stereocenters. The number of nitriles is 1. The van der Waals surface area contributed by atoms with Crippen molar-refractivity contribution in [2.45, 2.75) is 24.7 Å². The molecule has 10 heteroatoms. The lowest BCUT2D eigenvalue weighted by molar-refractivity contribution is 0.281. The van der Waals surface area contributed by atoms with Crippen LogP contribution in [0.2, 0.25) is 5.02 Å². The van der Waals surface area contributed by atoms with E-state index in [1.807, 2.05) is 29.2 Å². The molecule has 36 heavy (non-hydrogen) atoms. The standard InChI is InChI=1S/C26H28ClN5O3S/c1-19-4-3-11-32(18-19)36(33,34)23-9-7-20(8-10-23)25-29-24(17-28)26(35-25)31-14-12-30(13-15-31)22-6-2-5-21(27)16-22/h2,5-10,16,19H,3-4,11-15,18H2,1H3/t19-/m1/s1. The number of piperidine rings is 1. The summed E-state index contributed by atoms with van der Waals surface area (Å²) in [4.78, 5) is 8.91. The van der Waals surface area contributed by atoms with Crippen LogP contribution in [0, 0.1) is 17.2 Å². The summed E-state index contributed by atoms with van der Waals surface area (Å²) in [6.45, 7) is 6.01. The first-order valence-electron chi connectivity index (χ1n) is 12.1. The van der Waals surface area contributed by atoms with E-state index in [0.717, 1.165) is 31.6 Å². The number of nitrogens with zero attached hydrogens (tertiary/aromatic N) is 5. The fourth-order valence-electron chi connectivity index (χ4n) is 4.85. The van der Waals surface area contributed by atoms with Gasteiger partial charge in [-0.1, -0.05) is 24.6 Å². The maximum atomic E-state index is 13.1. The van der Waals surface area contributed by atoms with Gasteiger partial charge in [0, 0.05) is 55.5 Å². The Kier molecular flexibility index (Phi) is 6.93. The molecule has 0 amide bonds. The molecule has 3 aromatic rings. The maximum Gasteiger partial charge on any atom is 0.243 e. The highest BCUT2D eigenvalue weighted by molar-refractivity contribution is 7.89. The molecule has 2 fully saturated rings. The summed E-state index contributed by atoms with van der Waals surface area (Å²) >= 11 is 6.14. The van der Waals surface area contributed by atoms with Gasteiger partial charge in [0.05, 0.1) is 4.90 Å². The van der Waals surface area contributed by atoms with E-state index in [1.165, 1.54) is 0 Å². The summed E-state index contributed by atoms with van der Waals surface area (Å²) in [6.07, 6.45) is 1.93. The number of aromatic nitrogens is 1. The number of rotatable bonds is 5. The molecule has 3 heterocycles. The fraction of sp³-hybridized carbons (Fsp3) is 0.385. The molecular weight excluding hydrogens is 498 g/mol. The van der Waals surface area contributed by atoms with Crippen LogP contribution in [0.5, 0.6) is 0 Å². The van der Waals surface area contributed by atoms with Crippen LogP contribution in [0.1, 0.15) is 25.5 Å². The number of halogens is 1. The molecule has 5 rings (SSSR count). The molecule has 8 nitrogen and oxygen atoms in total. The monoisotopic (exact) mass is 525 g/mol. The number of benzene rings is 2. The van der Waals surface area contributed by atoms with E-state index in [0.29, 0.717) is 54.5 Å². The molecule has 0 spiro atoms. The van der Waals surface area contributed by atoms with Gasteiger partial charge in [-0.25, -0.2) is 8.42 Å². The Balaban J connectivity index is 1.31. The minimum atomic E-state index is -3.54. The van der Waals surface area contributed by atoms with Crippen LogP contribution < -0.4 is 9.80 Å². The minimum Gasteiger partial charge on any atom is -0.419 e. The zero-order valence-electron chi connectivity index (χ0n) is 20.1. The number of sulfonamides is 1. The third-order valence-corrected chi connectivity index (χ3v) is 8.93. The highest BCUT2D eigenvalue weighted by Crippen LogP contribution is 2.31. The van der Waals surface area contributed by atoms with Crippen LogP contribution in [0.25, 0.3) is 11.5 Å². The van der Waals surface area contributed by atoms with E-state index in [9.17, 15) is 13.7 Å². The van der Waals surface area contributed by atoms with Gasteiger partial charge in [0.25, 0.3) is 0 Å². The Morgan fingerprint density at radius 1 is 1.06 bits per heavy atom. The maximum absolute atomic E-state index is 13.1. The Morgan fingerprint density at radius 3 is 2.44 bits per heavy atom. The molecule has 0 bridgehead atoms. The van der Waals surface area contributed by atoms with Crippen LogP contribution in [0.4, 0.5) is 11.6 Å². The third-order valence-electron chi connectivity index (χ3n) is 6.81. The molecule has 1 atom stereocenters. The average Bonchev–Trinajstić information content (AvgIpc) is 3.33. The molecular formula is C26H28ClN5O3S. The van der Waals surface area contributed by atoms with Gasteiger partial charge in [-0.05, 0) is 61.2 Å². The summed E-state index contributed by atoms with van der Waals surface area (Å²) in [5.41, 5.74) is 1.91. The summed E-state index contributed by atoms with van der Waals surface area (Å²) in [7, 11) is -3.54. The largest absolute Gasteiger partial charge is 0.419 e. The highest BCUT2D eigenvalue weighted by atomic mass is 35.5.